The van der Waals surface area contributed by atoms with Crippen molar-refractivity contribution >= 4 is 104 Å². The Morgan fingerprint density at radius 2 is 1.12 bits per heavy atom. The quantitative estimate of drug-likeness (QED) is 0.189. The summed E-state index contributed by atoms with van der Waals surface area (Å²) in [5.74, 6) is 0. The van der Waals surface area contributed by atoms with E-state index >= 15 is 0 Å². The van der Waals surface area contributed by atoms with Crippen LogP contribution in [0.5, 0.6) is 0 Å². The second kappa shape index (κ2) is 10.5. The zero-order valence-corrected chi connectivity index (χ0v) is 27.4. The van der Waals surface area contributed by atoms with E-state index in [1.54, 1.807) is 11.3 Å². The van der Waals surface area contributed by atoms with Crippen molar-refractivity contribution in [3.8, 4) is 10.6 Å². The lowest BCUT2D eigenvalue weighted by Gasteiger charge is -2.25. The van der Waals surface area contributed by atoms with Gasteiger partial charge in [0.1, 0.15) is 27.3 Å². The van der Waals surface area contributed by atoms with Gasteiger partial charge in [-0.3, -0.25) is 0 Å². The summed E-state index contributed by atoms with van der Waals surface area (Å²) < 4.78 is 14.3. The summed E-state index contributed by atoms with van der Waals surface area (Å²) in [4.78, 5) is 7.45. The summed E-state index contributed by atoms with van der Waals surface area (Å²) in [5, 5.41) is 10.1. The first-order valence-electron chi connectivity index (χ1n) is 16.7. The Hall–Kier alpha value is -6.43. The Balaban J connectivity index is 1.07. The van der Waals surface area contributed by atoms with Crippen molar-refractivity contribution in [2.45, 2.75) is 0 Å². The molecule has 0 radical (unpaired) electrons. The molecule has 234 valence electrons. The lowest BCUT2D eigenvalue weighted by Crippen LogP contribution is -2.09. The number of rotatable bonds is 4. The normalized spacial score (nSPS) is 12.0. The van der Waals surface area contributed by atoms with E-state index in [-0.39, 0.29) is 0 Å². The van der Waals surface area contributed by atoms with Gasteiger partial charge in [0.15, 0.2) is 0 Å². The predicted molar refractivity (Wildman–Crippen MR) is 209 cm³/mol. The minimum Gasteiger partial charge on any atom is -0.456 e. The van der Waals surface area contributed by atoms with Gasteiger partial charge >= 0.3 is 0 Å². The van der Waals surface area contributed by atoms with E-state index in [2.05, 4.69) is 157 Å². The minimum atomic E-state index is 0.828. The summed E-state index contributed by atoms with van der Waals surface area (Å²) >= 11 is 1.73. The summed E-state index contributed by atoms with van der Waals surface area (Å²) in [6.45, 7) is 0. The lowest BCUT2D eigenvalue weighted by molar-refractivity contribution is 0.669. The molecule has 0 aliphatic carbocycles. The van der Waals surface area contributed by atoms with Crippen LogP contribution in [0, 0.1) is 0 Å². The third kappa shape index (κ3) is 4.14. The van der Waals surface area contributed by atoms with Gasteiger partial charge in [-0.1, -0.05) is 84.9 Å². The molecule has 50 heavy (non-hydrogen) atoms. The SMILES string of the molecule is c1ccc(N(c2ccc3c(c2)oc2cc4ccccc4cc23)c2ccc3c(c2)oc2cccc(-c4nc5c(ccc6ccccc65)s4)c23)cc1. The first kappa shape index (κ1) is 27.5. The average Bonchev–Trinajstić information content (AvgIpc) is 3.87. The van der Waals surface area contributed by atoms with E-state index in [9.17, 15) is 0 Å². The second-order valence-electron chi connectivity index (χ2n) is 12.8. The molecule has 0 amide bonds. The first-order valence-corrected chi connectivity index (χ1v) is 17.5. The third-order valence-corrected chi connectivity index (χ3v) is 10.9. The van der Waals surface area contributed by atoms with E-state index in [0.717, 1.165) is 77.0 Å². The Morgan fingerprint density at radius 3 is 1.96 bits per heavy atom. The van der Waals surface area contributed by atoms with Gasteiger partial charge in [0.05, 0.1) is 10.2 Å². The summed E-state index contributed by atoms with van der Waals surface area (Å²) in [5.41, 5.74) is 8.60. The zero-order chi connectivity index (χ0) is 32.8. The molecule has 0 aliphatic heterocycles. The molecular weight excluding hydrogens is 633 g/mol. The smallest absolute Gasteiger partial charge is 0.137 e. The molecule has 0 saturated carbocycles. The number of hydrogen-bond donors (Lipinski definition) is 0. The van der Waals surface area contributed by atoms with Crippen LogP contribution in [0.2, 0.25) is 0 Å². The van der Waals surface area contributed by atoms with E-state index < -0.39 is 0 Å². The van der Waals surface area contributed by atoms with Gasteiger partial charge in [0.2, 0.25) is 0 Å². The van der Waals surface area contributed by atoms with Gasteiger partial charge in [0.25, 0.3) is 0 Å². The maximum atomic E-state index is 6.60. The van der Waals surface area contributed by atoms with E-state index in [0.29, 0.717) is 0 Å². The molecule has 3 aromatic heterocycles. The van der Waals surface area contributed by atoms with Crippen molar-refractivity contribution in [3.05, 3.63) is 158 Å². The van der Waals surface area contributed by atoms with Crippen LogP contribution in [0.15, 0.2) is 167 Å². The third-order valence-electron chi connectivity index (χ3n) is 9.85. The largest absolute Gasteiger partial charge is 0.456 e. The molecule has 0 saturated heterocycles. The average molecular weight is 659 g/mol. The Labute approximate surface area is 290 Å². The monoisotopic (exact) mass is 658 g/mol. The highest BCUT2D eigenvalue weighted by molar-refractivity contribution is 7.21. The maximum absolute atomic E-state index is 6.60. The number of anilines is 3. The number of hydrogen-bond acceptors (Lipinski definition) is 5. The standard InChI is InChI=1S/C45H26N2O2S/c1-2-12-30(13-3-1)47(31-18-20-34-37-23-28-10-4-5-11-29(28)24-39(37)49-40(34)25-31)32-19-21-35-41(26-32)48-38-16-8-15-36(43(35)38)45-46-44-33-14-7-6-9-27(33)17-22-42(44)50-45/h1-26H. The van der Waals surface area contributed by atoms with Crippen molar-refractivity contribution in [2.24, 2.45) is 0 Å². The molecule has 0 N–H and O–H groups in total. The number of thiazole rings is 1. The summed E-state index contributed by atoms with van der Waals surface area (Å²) in [7, 11) is 0. The van der Waals surface area contributed by atoms with Crippen LogP contribution in [0.3, 0.4) is 0 Å². The van der Waals surface area contributed by atoms with Crippen molar-refractivity contribution in [3.63, 3.8) is 0 Å². The zero-order valence-electron chi connectivity index (χ0n) is 26.6. The van der Waals surface area contributed by atoms with E-state index in [1.165, 1.54) is 26.2 Å². The highest BCUT2D eigenvalue weighted by atomic mass is 32.1. The fourth-order valence-corrected chi connectivity index (χ4v) is 8.54. The van der Waals surface area contributed by atoms with Gasteiger partial charge < -0.3 is 13.7 Å². The number of para-hydroxylation sites is 1. The van der Waals surface area contributed by atoms with Crippen molar-refractivity contribution < 1.29 is 8.83 Å². The molecule has 3 heterocycles. The van der Waals surface area contributed by atoms with Gasteiger partial charge in [0, 0.05) is 61.7 Å². The molecule has 11 aromatic rings. The van der Waals surface area contributed by atoms with Crippen LogP contribution in [0.1, 0.15) is 0 Å². The van der Waals surface area contributed by atoms with Gasteiger partial charge in [-0.05, 0) is 76.8 Å². The molecule has 0 unspecified atom stereocenters. The molecule has 0 fully saturated rings. The topological polar surface area (TPSA) is 42.4 Å². The summed E-state index contributed by atoms with van der Waals surface area (Å²) in [6.07, 6.45) is 0. The fraction of sp³-hybridized carbons (Fsp3) is 0. The molecule has 4 nitrogen and oxygen atoms in total. The van der Waals surface area contributed by atoms with Crippen LogP contribution < -0.4 is 4.90 Å². The van der Waals surface area contributed by atoms with E-state index in [1.807, 2.05) is 6.07 Å². The summed E-state index contributed by atoms with van der Waals surface area (Å²) in [6, 6.07) is 55.3. The number of benzene rings is 8. The van der Waals surface area contributed by atoms with Crippen LogP contribution >= 0.6 is 11.3 Å². The van der Waals surface area contributed by atoms with E-state index in [4.69, 9.17) is 13.8 Å². The predicted octanol–water partition coefficient (Wildman–Crippen LogP) is 13.5. The number of furan rings is 2. The lowest BCUT2D eigenvalue weighted by atomic mass is 10.0. The second-order valence-corrected chi connectivity index (χ2v) is 13.8. The minimum absolute atomic E-state index is 0.828. The number of fused-ring (bicyclic) bond motifs is 10. The molecule has 5 heteroatoms. The molecular formula is C45H26N2O2S. The van der Waals surface area contributed by atoms with Crippen LogP contribution in [0.4, 0.5) is 17.1 Å². The Morgan fingerprint density at radius 1 is 0.440 bits per heavy atom. The van der Waals surface area contributed by atoms with Crippen molar-refractivity contribution in [2.75, 3.05) is 4.90 Å². The van der Waals surface area contributed by atoms with Gasteiger partial charge in [-0.2, -0.15) is 0 Å². The molecule has 0 spiro atoms. The number of aromatic nitrogens is 1. The fourth-order valence-electron chi connectivity index (χ4n) is 7.52. The highest BCUT2D eigenvalue weighted by Gasteiger charge is 2.20. The Bertz CT molecular complexity index is 3120. The molecule has 0 bridgehead atoms. The van der Waals surface area contributed by atoms with Crippen LogP contribution in [-0.2, 0) is 0 Å². The molecule has 0 atom stereocenters. The maximum Gasteiger partial charge on any atom is 0.137 e. The van der Waals surface area contributed by atoms with Crippen LogP contribution in [-0.4, -0.2) is 4.98 Å². The molecule has 0 aliphatic rings. The van der Waals surface area contributed by atoms with Gasteiger partial charge in [-0.25, -0.2) is 4.98 Å². The highest BCUT2D eigenvalue weighted by Crippen LogP contribution is 2.44. The first-order chi connectivity index (χ1) is 24.7. The van der Waals surface area contributed by atoms with Gasteiger partial charge in [-0.15, -0.1) is 11.3 Å². The van der Waals surface area contributed by atoms with Crippen molar-refractivity contribution in [1.82, 2.24) is 4.98 Å². The van der Waals surface area contributed by atoms with Crippen LogP contribution in [0.25, 0.3) is 86.2 Å². The number of nitrogens with zero attached hydrogens (tertiary/aromatic N) is 2. The molecule has 8 aromatic carbocycles. The Kier molecular flexibility index (Phi) is 5.80. The molecule has 11 rings (SSSR count). The van der Waals surface area contributed by atoms with Crippen molar-refractivity contribution in [1.29, 1.82) is 0 Å².